The van der Waals surface area contributed by atoms with Crippen LogP contribution >= 0.6 is 11.3 Å². The van der Waals surface area contributed by atoms with Gasteiger partial charge in [0.1, 0.15) is 11.4 Å². The molecule has 4 rings (SSSR count). The van der Waals surface area contributed by atoms with Crippen molar-refractivity contribution in [3.05, 3.63) is 27.1 Å². The lowest BCUT2D eigenvalue weighted by atomic mass is 9.97. The second-order valence-electron chi connectivity index (χ2n) is 7.21. The number of piperidine rings is 1. The van der Waals surface area contributed by atoms with Crippen molar-refractivity contribution in [1.82, 2.24) is 14.5 Å². The van der Waals surface area contributed by atoms with E-state index >= 15 is 0 Å². The molecule has 3 heterocycles. The number of amides is 1. The fourth-order valence-corrected chi connectivity index (χ4v) is 5.50. The summed E-state index contributed by atoms with van der Waals surface area (Å²) in [6, 6.07) is 0.322. The molecule has 2 aliphatic rings. The third kappa shape index (κ3) is 3.01. The summed E-state index contributed by atoms with van der Waals surface area (Å²) in [4.78, 5) is 34.4. The normalized spacial score (nSPS) is 20.7. The third-order valence-corrected chi connectivity index (χ3v) is 6.87. The zero-order valence-electron chi connectivity index (χ0n) is 14.8. The molecule has 1 amide bonds. The van der Waals surface area contributed by atoms with Gasteiger partial charge in [-0.2, -0.15) is 0 Å². The van der Waals surface area contributed by atoms with E-state index in [2.05, 4.69) is 11.9 Å². The molecular formula is C19H25N3O2S. The number of thiophene rings is 1. The van der Waals surface area contributed by atoms with E-state index in [9.17, 15) is 9.59 Å². The molecule has 0 bridgehead atoms. The largest absolute Gasteiger partial charge is 0.338 e. The van der Waals surface area contributed by atoms with Crippen LogP contribution in [0, 0.1) is 0 Å². The Morgan fingerprint density at radius 3 is 2.96 bits per heavy atom. The van der Waals surface area contributed by atoms with Gasteiger partial charge in [0.2, 0.25) is 5.91 Å². The van der Waals surface area contributed by atoms with E-state index in [1.807, 2.05) is 4.90 Å². The van der Waals surface area contributed by atoms with Crippen LogP contribution in [-0.4, -0.2) is 32.9 Å². The van der Waals surface area contributed by atoms with E-state index in [-0.39, 0.29) is 18.0 Å². The molecular weight excluding hydrogens is 334 g/mol. The molecule has 0 spiro atoms. The van der Waals surface area contributed by atoms with Crippen LogP contribution in [0.25, 0.3) is 10.2 Å². The number of hydrogen-bond donors (Lipinski definition) is 0. The Bertz CT molecular complexity index is 854. The molecule has 1 aliphatic carbocycles. The van der Waals surface area contributed by atoms with Crippen molar-refractivity contribution in [3.8, 4) is 0 Å². The summed E-state index contributed by atoms with van der Waals surface area (Å²) in [6.07, 6.45) is 10.2. The number of nitrogens with zero attached hydrogens (tertiary/aromatic N) is 3. The summed E-state index contributed by atoms with van der Waals surface area (Å²) in [5.41, 5.74) is 1.15. The van der Waals surface area contributed by atoms with Gasteiger partial charge in [0, 0.05) is 17.5 Å². The Kier molecular flexibility index (Phi) is 4.63. The quantitative estimate of drug-likeness (QED) is 0.846. The molecule has 2 aromatic rings. The summed E-state index contributed by atoms with van der Waals surface area (Å²) in [5, 5.41) is 0.765. The van der Waals surface area contributed by atoms with Gasteiger partial charge in [-0.25, -0.2) is 4.98 Å². The first kappa shape index (κ1) is 16.8. The number of aryl methyl sites for hydroxylation is 2. The monoisotopic (exact) mass is 359 g/mol. The predicted molar refractivity (Wildman–Crippen MR) is 100 cm³/mol. The Morgan fingerprint density at radius 2 is 2.12 bits per heavy atom. The van der Waals surface area contributed by atoms with E-state index < -0.39 is 0 Å². The molecule has 6 heteroatoms. The molecule has 2 aromatic heterocycles. The van der Waals surface area contributed by atoms with Crippen LogP contribution in [0.15, 0.2) is 11.1 Å². The van der Waals surface area contributed by atoms with Crippen molar-refractivity contribution < 1.29 is 4.79 Å². The van der Waals surface area contributed by atoms with E-state index in [1.165, 1.54) is 27.8 Å². The SMILES string of the molecule is CC[C@H]1CCCCN1C(=O)Cn1cnc2sc3c(c2c1=O)CCCC3. The van der Waals surface area contributed by atoms with Gasteiger partial charge in [-0.1, -0.05) is 6.92 Å². The number of aromatic nitrogens is 2. The molecule has 0 saturated carbocycles. The standard InChI is InChI=1S/C19H25N3O2S/c1-2-13-7-5-6-10-22(13)16(23)11-21-12-20-18-17(19(21)24)14-8-3-4-9-15(14)25-18/h12-13H,2-11H2,1H3/t13-/m0/s1. The van der Waals surface area contributed by atoms with Gasteiger partial charge in [0.05, 0.1) is 11.7 Å². The van der Waals surface area contributed by atoms with Crippen molar-refractivity contribution in [1.29, 1.82) is 0 Å². The first-order valence-corrected chi connectivity index (χ1v) is 10.3. The molecule has 5 nitrogen and oxygen atoms in total. The van der Waals surface area contributed by atoms with Gasteiger partial charge in [0.25, 0.3) is 5.56 Å². The lowest BCUT2D eigenvalue weighted by Crippen LogP contribution is -2.45. The number of carbonyl (C=O) groups is 1. The molecule has 0 aromatic carbocycles. The maximum Gasteiger partial charge on any atom is 0.262 e. The van der Waals surface area contributed by atoms with Gasteiger partial charge >= 0.3 is 0 Å². The molecule has 0 N–H and O–H groups in total. The van der Waals surface area contributed by atoms with Gasteiger partial charge in [-0.3, -0.25) is 14.2 Å². The van der Waals surface area contributed by atoms with Gasteiger partial charge < -0.3 is 4.90 Å². The second kappa shape index (κ2) is 6.90. The lowest BCUT2D eigenvalue weighted by molar-refractivity contribution is -0.135. The molecule has 1 saturated heterocycles. The molecule has 25 heavy (non-hydrogen) atoms. The average molecular weight is 359 g/mol. The van der Waals surface area contributed by atoms with Crippen LogP contribution in [0.1, 0.15) is 55.9 Å². The van der Waals surface area contributed by atoms with Crippen molar-refractivity contribution in [2.75, 3.05) is 6.54 Å². The summed E-state index contributed by atoms with van der Waals surface area (Å²) >= 11 is 1.65. The summed E-state index contributed by atoms with van der Waals surface area (Å²) in [6.45, 7) is 3.06. The third-order valence-electron chi connectivity index (χ3n) is 5.67. The minimum absolute atomic E-state index is 0.0391. The minimum atomic E-state index is -0.0391. The number of hydrogen-bond acceptors (Lipinski definition) is 4. The summed E-state index contributed by atoms with van der Waals surface area (Å²) < 4.78 is 1.52. The number of fused-ring (bicyclic) bond motifs is 3. The molecule has 1 atom stereocenters. The first-order valence-electron chi connectivity index (χ1n) is 9.48. The van der Waals surface area contributed by atoms with E-state index in [0.29, 0.717) is 6.04 Å². The highest BCUT2D eigenvalue weighted by atomic mass is 32.1. The van der Waals surface area contributed by atoms with Crippen LogP contribution in [0.2, 0.25) is 0 Å². The zero-order valence-corrected chi connectivity index (χ0v) is 15.6. The zero-order chi connectivity index (χ0) is 17.4. The predicted octanol–water partition coefficient (Wildman–Crippen LogP) is 3.13. The van der Waals surface area contributed by atoms with Crippen molar-refractivity contribution in [2.24, 2.45) is 0 Å². The Hall–Kier alpha value is -1.69. The maximum absolute atomic E-state index is 13.0. The van der Waals surface area contributed by atoms with Crippen molar-refractivity contribution in [2.45, 2.75) is 70.9 Å². The van der Waals surface area contributed by atoms with Crippen LogP contribution in [0.5, 0.6) is 0 Å². The fourth-order valence-electron chi connectivity index (χ4n) is 4.28. The van der Waals surface area contributed by atoms with Gasteiger partial charge in [-0.15, -0.1) is 11.3 Å². The number of rotatable bonds is 3. The molecule has 1 fully saturated rings. The van der Waals surface area contributed by atoms with E-state index in [4.69, 9.17) is 0 Å². The lowest BCUT2D eigenvalue weighted by Gasteiger charge is -2.35. The summed E-state index contributed by atoms with van der Waals surface area (Å²) in [5.74, 6) is 0.0545. The Morgan fingerprint density at radius 1 is 1.28 bits per heavy atom. The molecule has 0 unspecified atom stereocenters. The van der Waals surface area contributed by atoms with Crippen LogP contribution in [0.3, 0.4) is 0 Å². The molecule has 134 valence electrons. The highest BCUT2D eigenvalue weighted by molar-refractivity contribution is 7.18. The summed E-state index contributed by atoms with van der Waals surface area (Å²) in [7, 11) is 0. The van der Waals surface area contributed by atoms with E-state index in [0.717, 1.165) is 55.3 Å². The highest BCUT2D eigenvalue weighted by Gasteiger charge is 2.26. The van der Waals surface area contributed by atoms with Crippen molar-refractivity contribution >= 4 is 27.5 Å². The smallest absolute Gasteiger partial charge is 0.262 e. The van der Waals surface area contributed by atoms with Crippen LogP contribution in [-0.2, 0) is 24.2 Å². The average Bonchev–Trinajstić information content (AvgIpc) is 3.03. The Labute approximate surface area is 151 Å². The molecule has 1 aliphatic heterocycles. The maximum atomic E-state index is 13.0. The number of likely N-dealkylation sites (tertiary alicyclic amines) is 1. The highest BCUT2D eigenvalue weighted by Crippen LogP contribution is 2.33. The molecule has 0 radical (unpaired) electrons. The fraction of sp³-hybridized carbons (Fsp3) is 0.632. The van der Waals surface area contributed by atoms with E-state index in [1.54, 1.807) is 17.7 Å². The van der Waals surface area contributed by atoms with Crippen molar-refractivity contribution in [3.63, 3.8) is 0 Å². The second-order valence-corrected chi connectivity index (χ2v) is 8.30. The Balaban J connectivity index is 1.64. The van der Waals surface area contributed by atoms with Gasteiger partial charge in [-0.05, 0) is 56.9 Å². The topological polar surface area (TPSA) is 55.2 Å². The number of carbonyl (C=O) groups excluding carboxylic acids is 1. The van der Waals surface area contributed by atoms with Crippen LogP contribution in [0.4, 0.5) is 0 Å². The van der Waals surface area contributed by atoms with Gasteiger partial charge in [0.15, 0.2) is 0 Å². The minimum Gasteiger partial charge on any atom is -0.338 e. The first-order chi connectivity index (χ1) is 12.2. The van der Waals surface area contributed by atoms with Crippen LogP contribution < -0.4 is 5.56 Å².